The normalized spacial score (nSPS) is 10.9. The number of fused-ring (bicyclic) bond motifs is 1. The van der Waals surface area contributed by atoms with Crippen molar-refractivity contribution in [1.82, 2.24) is 9.38 Å². The minimum Gasteiger partial charge on any atom is -0.497 e. The van der Waals surface area contributed by atoms with Crippen LogP contribution < -0.4 is 4.74 Å². The van der Waals surface area contributed by atoms with Gasteiger partial charge in [0.05, 0.1) is 18.8 Å². The van der Waals surface area contributed by atoms with E-state index in [0.29, 0.717) is 0 Å². The largest absolute Gasteiger partial charge is 0.497 e. The van der Waals surface area contributed by atoms with Crippen LogP contribution in [0.3, 0.4) is 0 Å². The second-order valence-electron chi connectivity index (χ2n) is 4.83. The predicted molar refractivity (Wildman–Crippen MR) is 83.4 cm³/mol. The van der Waals surface area contributed by atoms with Crippen LogP contribution in [0.4, 0.5) is 0 Å². The Labute approximate surface area is 126 Å². The summed E-state index contributed by atoms with van der Waals surface area (Å²) in [7, 11) is 1.69. The summed E-state index contributed by atoms with van der Waals surface area (Å²) in [5.41, 5.74) is 4.95. The monoisotopic (exact) mass is 330 g/mol. The summed E-state index contributed by atoms with van der Waals surface area (Å²) in [4.78, 5) is 4.27. The molecule has 102 valence electrons. The van der Waals surface area contributed by atoms with Crippen molar-refractivity contribution in [1.29, 1.82) is 0 Å². The first-order chi connectivity index (χ1) is 9.67. The SMILES string of the molecule is COc1ccc(Cc2cc3cnc(Br)n3cc2C)cc1. The summed E-state index contributed by atoms with van der Waals surface area (Å²) in [6.07, 6.45) is 4.90. The van der Waals surface area contributed by atoms with Crippen molar-refractivity contribution in [2.45, 2.75) is 13.3 Å². The molecule has 4 heteroatoms. The molecular formula is C16H15BrN2O. The van der Waals surface area contributed by atoms with E-state index < -0.39 is 0 Å². The van der Waals surface area contributed by atoms with Gasteiger partial charge in [-0.1, -0.05) is 12.1 Å². The predicted octanol–water partition coefficient (Wildman–Crippen LogP) is 4.00. The molecule has 2 aromatic heterocycles. The van der Waals surface area contributed by atoms with Crippen LogP contribution in [0.2, 0.25) is 0 Å². The molecule has 0 saturated heterocycles. The van der Waals surface area contributed by atoms with Gasteiger partial charge in [0.15, 0.2) is 4.73 Å². The second-order valence-corrected chi connectivity index (χ2v) is 5.54. The van der Waals surface area contributed by atoms with Crippen LogP contribution in [-0.4, -0.2) is 16.5 Å². The number of methoxy groups -OCH3 is 1. The molecule has 0 bridgehead atoms. The van der Waals surface area contributed by atoms with Gasteiger partial charge in [-0.15, -0.1) is 0 Å². The molecule has 3 rings (SSSR count). The molecular weight excluding hydrogens is 316 g/mol. The molecule has 0 aliphatic heterocycles. The molecule has 0 fully saturated rings. The highest BCUT2D eigenvalue weighted by atomic mass is 79.9. The number of halogens is 1. The lowest BCUT2D eigenvalue weighted by molar-refractivity contribution is 0.414. The fourth-order valence-corrected chi connectivity index (χ4v) is 2.72. The molecule has 1 aromatic carbocycles. The molecule has 3 aromatic rings. The molecule has 0 aliphatic carbocycles. The van der Waals surface area contributed by atoms with Crippen molar-refractivity contribution in [2.75, 3.05) is 7.11 Å². The maximum Gasteiger partial charge on any atom is 0.181 e. The van der Waals surface area contributed by atoms with E-state index in [1.165, 1.54) is 16.7 Å². The van der Waals surface area contributed by atoms with E-state index in [2.05, 4.69) is 52.2 Å². The highest BCUT2D eigenvalue weighted by Crippen LogP contribution is 2.21. The zero-order valence-electron chi connectivity index (χ0n) is 11.4. The topological polar surface area (TPSA) is 26.5 Å². The van der Waals surface area contributed by atoms with Crippen molar-refractivity contribution in [3.8, 4) is 5.75 Å². The van der Waals surface area contributed by atoms with Crippen LogP contribution in [0.5, 0.6) is 5.75 Å². The Kier molecular flexibility index (Phi) is 3.49. The van der Waals surface area contributed by atoms with Crippen LogP contribution in [0.15, 0.2) is 47.5 Å². The van der Waals surface area contributed by atoms with Gasteiger partial charge in [0.2, 0.25) is 0 Å². The van der Waals surface area contributed by atoms with Gasteiger partial charge in [0, 0.05) is 6.20 Å². The van der Waals surface area contributed by atoms with Crippen LogP contribution in [0, 0.1) is 6.92 Å². The molecule has 0 spiro atoms. The third-order valence-corrected chi connectivity index (χ3v) is 4.07. The fourth-order valence-electron chi connectivity index (χ4n) is 2.31. The van der Waals surface area contributed by atoms with E-state index in [1.807, 2.05) is 22.7 Å². The van der Waals surface area contributed by atoms with Crippen LogP contribution >= 0.6 is 15.9 Å². The average Bonchev–Trinajstić information content (AvgIpc) is 2.81. The third kappa shape index (κ3) is 2.43. The van der Waals surface area contributed by atoms with Crippen LogP contribution in [0.25, 0.3) is 5.52 Å². The lowest BCUT2D eigenvalue weighted by Gasteiger charge is -2.08. The Hall–Kier alpha value is -1.81. The average molecular weight is 331 g/mol. The fraction of sp³-hybridized carbons (Fsp3) is 0.188. The zero-order valence-corrected chi connectivity index (χ0v) is 13.0. The number of aromatic nitrogens is 2. The number of rotatable bonds is 3. The Morgan fingerprint density at radius 1 is 1.25 bits per heavy atom. The molecule has 0 atom stereocenters. The highest BCUT2D eigenvalue weighted by Gasteiger charge is 2.06. The Bertz CT molecular complexity index is 747. The van der Waals surface area contributed by atoms with Crippen molar-refractivity contribution >= 4 is 21.4 Å². The van der Waals surface area contributed by atoms with Gasteiger partial charge < -0.3 is 4.74 Å². The molecule has 2 heterocycles. The minimum absolute atomic E-state index is 0.839. The summed E-state index contributed by atoms with van der Waals surface area (Å²) < 4.78 is 8.07. The van der Waals surface area contributed by atoms with E-state index in [1.54, 1.807) is 7.11 Å². The number of nitrogens with zero attached hydrogens (tertiary/aromatic N) is 2. The Morgan fingerprint density at radius 3 is 2.70 bits per heavy atom. The molecule has 20 heavy (non-hydrogen) atoms. The van der Waals surface area contributed by atoms with E-state index in [4.69, 9.17) is 4.74 Å². The summed E-state index contributed by atoms with van der Waals surface area (Å²) >= 11 is 3.45. The molecule has 0 saturated carbocycles. The molecule has 0 radical (unpaired) electrons. The summed E-state index contributed by atoms with van der Waals surface area (Å²) in [5, 5.41) is 0. The number of hydrogen-bond donors (Lipinski definition) is 0. The lowest BCUT2D eigenvalue weighted by atomic mass is 10.0. The van der Waals surface area contributed by atoms with E-state index in [-0.39, 0.29) is 0 Å². The Morgan fingerprint density at radius 2 is 2.00 bits per heavy atom. The zero-order chi connectivity index (χ0) is 14.1. The van der Waals surface area contributed by atoms with Gasteiger partial charge in [-0.05, 0) is 64.2 Å². The van der Waals surface area contributed by atoms with Crippen molar-refractivity contribution < 1.29 is 4.74 Å². The maximum absolute atomic E-state index is 5.19. The van der Waals surface area contributed by atoms with Crippen molar-refractivity contribution in [3.05, 3.63) is 64.1 Å². The number of pyridine rings is 1. The number of hydrogen-bond acceptors (Lipinski definition) is 2. The quantitative estimate of drug-likeness (QED) is 0.725. The summed E-state index contributed by atoms with van der Waals surface area (Å²) in [6, 6.07) is 10.4. The highest BCUT2D eigenvalue weighted by molar-refractivity contribution is 9.10. The number of aryl methyl sites for hydroxylation is 1. The van der Waals surface area contributed by atoms with Crippen molar-refractivity contribution in [2.24, 2.45) is 0 Å². The van der Waals surface area contributed by atoms with E-state index in [9.17, 15) is 0 Å². The van der Waals surface area contributed by atoms with Gasteiger partial charge in [-0.2, -0.15) is 0 Å². The molecule has 0 aliphatic rings. The Balaban J connectivity index is 1.94. The van der Waals surface area contributed by atoms with Crippen LogP contribution in [-0.2, 0) is 6.42 Å². The first kappa shape index (κ1) is 13.2. The van der Waals surface area contributed by atoms with Gasteiger partial charge >= 0.3 is 0 Å². The minimum atomic E-state index is 0.839. The summed E-state index contributed by atoms with van der Waals surface area (Å²) in [5.74, 6) is 0.889. The maximum atomic E-state index is 5.19. The van der Waals surface area contributed by atoms with Gasteiger partial charge in [0.25, 0.3) is 0 Å². The molecule has 0 unspecified atom stereocenters. The standard InChI is InChI=1S/C16H15BrN2O/c1-11-10-19-14(9-18-16(19)17)8-13(11)7-12-3-5-15(20-2)6-4-12/h3-6,8-10H,7H2,1-2H3. The first-order valence-corrected chi connectivity index (χ1v) is 7.21. The van der Waals surface area contributed by atoms with E-state index >= 15 is 0 Å². The van der Waals surface area contributed by atoms with Crippen LogP contribution in [0.1, 0.15) is 16.7 Å². The van der Waals surface area contributed by atoms with Gasteiger partial charge in [0.1, 0.15) is 5.75 Å². The molecule has 0 amide bonds. The third-order valence-electron chi connectivity index (χ3n) is 3.49. The molecule has 0 N–H and O–H groups in total. The van der Waals surface area contributed by atoms with Gasteiger partial charge in [-0.3, -0.25) is 4.40 Å². The molecule has 3 nitrogen and oxygen atoms in total. The number of ether oxygens (including phenoxy) is 1. The smallest absolute Gasteiger partial charge is 0.181 e. The first-order valence-electron chi connectivity index (χ1n) is 6.42. The van der Waals surface area contributed by atoms with E-state index in [0.717, 1.165) is 22.4 Å². The lowest BCUT2D eigenvalue weighted by Crippen LogP contribution is -1.96. The number of benzene rings is 1. The summed E-state index contributed by atoms with van der Waals surface area (Å²) in [6.45, 7) is 2.13. The van der Waals surface area contributed by atoms with Crippen molar-refractivity contribution in [3.63, 3.8) is 0 Å². The number of imidazole rings is 1. The second kappa shape index (κ2) is 5.29. The van der Waals surface area contributed by atoms with Gasteiger partial charge in [-0.25, -0.2) is 4.98 Å².